The number of hydrogen-bond donors (Lipinski definition) is 1. The molecule has 0 unspecified atom stereocenters. The zero-order valence-corrected chi connectivity index (χ0v) is 24.0. The molecule has 2 heteroatoms. The third kappa shape index (κ3) is 3.08. The van der Waals surface area contributed by atoms with E-state index in [9.17, 15) is 0 Å². The summed E-state index contributed by atoms with van der Waals surface area (Å²) in [5, 5.41) is 8.02. The average molecular weight is 541 g/mol. The lowest BCUT2D eigenvalue weighted by atomic mass is 9.82. The lowest BCUT2D eigenvalue weighted by Crippen LogP contribution is -2.15. The summed E-state index contributed by atoms with van der Waals surface area (Å²) in [7, 11) is 0. The highest BCUT2D eigenvalue weighted by Gasteiger charge is 2.36. The van der Waals surface area contributed by atoms with Gasteiger partial charge in [-0.25, -0.2) is 0 Å². The van der Waals surface area contributed by atoms with Crippen LogP contribution in [0.15, 0.2) is 103 Å². The van der Waals surface area contributed by atoms with Crippen molar-refractivity contribution in [3.8, 4) is 16.8 Å². The number of hydrogen-bond acceptors (Lipinski definition) is 1. The monoisotopic (exact) mass is 540 g/mol. The van der Waals surface area contributed by atoms with Gasteiger partial charge in [-0.15, -0.1) is 0 Å². The van der Waals surface area contributed by atoms with Crippen LogP contribution < -0.4 is 5.73 Å². The number of aryl methyl sites for hydroxylation is 1. The molecule has 2 aliphatic carbocycles. The van der Waals surface area contributed by atoms with Crippen molar-refractivity contribution in [2.45, 2.75) is 38.6 Å². The number of benzene rings is 6. The molecule has 0 radical (unpaired) electrons. The summed E-state index contributed by atoms with van der Waals surface area (Å²) in [4.78, 5) is 0. The second-order valence-corrected chi connectivity index (χ2v) is 12.6. The summed E-state index contributed by atoms with van der Waals surface area (Å²) < 4.78 is 2.48. The standard InChI is InChI=1S/C40H32N2/c1-40(2)36-17-8-7-16-30(36)33-20-35-34-19-31-28-14-5-3-12-26(28)27-13-4-6-15-29(27)32(31)21-38(34)42(39(35)22-37(33)40)25-11-9-10-24(18-25)23-41/h3-4,6-13,15-22H,5,14,23,41H2,1-2H3. The van der Waals surface area contributed by atoms with Crippen LogP contribution in [0.4, 0.5) is 0 Å². The largest absolute Gasteiger partial charge is 0.326 e. The fourth-order valence-corrected chi connectivity index (χ4v) is 7.98. The van der Waals surface area contributed by atoms with Crippen molar-refractivity contribution in [3.63, 3.8) is 0 Å². The summed E-state index contributed by atoms with van der Waals surface area (Å²) in [5.41, 5.74) is 19.3. The minimum atomic E-state index is -0.0627. The van der Waals surface area contributed by atoms with E-state index in [2.05, 4.69) is 128 Å². The molecule has 1 aromatic heterocycles. The predicted molar refractivity (Wildman–Crippen MR) is 179 cm³/mol. The number of aromatic nitrogens is 1. The van der Waals surface area contributed by atoms with Crippen molar-refractivity contribution >= 4 is 49.4 Å². The minimum absolute atomic E-state index is 0.0627. The van der Waals surface area contributed by atoms with Gasteiger partial charge in [0.25, 0.3) is 0 Å². The van der Waals surface area contributed by atoms with E-state index in [1.807, 2.05) is 0 Å². The van der Waals surface area contributed by atoms with E-state index in [0.717, 1.165) is 24.1 Å². The molecule has 0 fully saturated rings. The molecule has 0 spiro atoms. The predicted octanol–water partition coefficient (Wildman–Crippen LogP) is 9.81. The second-order valence-electron chi connectivity index (χ2n) is 12.6. The van der Waals surface area contributed by atoms with E-state index >= 15 is 0 Å². The maximum absolute atomic E-state index is 6.14. The van der Waals surface area contributed by atoms with Gasteiger partial charge in [0, 0.05) is 28.4 Å². The van der Waals surface area contributed by atoms with Crippen molar-refractivity contribution in [2.75, 3.05) is 0 Å². The fraction of sp³-hybridized carbons (Fsp3) is 0.150. The molecule has 7 aromatic rings. The number of nitrogens with zero attached hydrogens (tertiary/aromatic N) is 1. The van der Waals surface area contributed by atoms with Crippen LogP contribution in [0, 0.1) is 0 Å². The van der Waals surface area contributed by atoms with Gasteiger partial charge < -0.3 is 10.3 Å². The van der Waals surface area contributed by atoms with E-state index in [1.54, 1.807) is 0 Å². The van der Waals surface area contributed by atoms with Crippen molar-refractivity contribution in [3.05, 3.63) is 131 Å². The summed E-state index contributed by atoms with van der Waals surface area (Å²) >= 11 is 0. The molecule has 9 rings (SSSR count). The molecule has 2 aliphatic rings. The van der Waals surface area contributed by atoms with Gasteiger partial charge in [-0.3, -0.25) is 0 Å². The average Bonchev–Trinajstić information content (AvgIpc) is 3.47. The molecule has 6 aromatic carbocycles. The highest BCUT2D eigenvalue weighted by molar-refractivity contribution is 6.21. The highest BCUT2D eigenvalue weighted by Crippen LogP contribution is 2.51. The third-order valence-electron chi connectivity index (χ3n) is 10.0. The highest BCUT2D eigenvalue weighted by atomic mass is 15.0. The zero-order chi connectivity index (χ0) is 28.2. The Morgan fingerprint density at radius 3 is 2.33 bits per heavy atom. The van der Waals surface area contributed by atoms with Gasteiger partial charge in [0.2, 0.25) is 0 Å². The Labute approximate surface area is 245 Å². The molecule has 1 heterocycles. The zero-order valence-electron chi connectivity index (χ0n) is 24.0. The molecule has 0 bridgehead atoms. The van der Waals surface area contributed by atoms with Crippen LogP contribution in [0.3, 0.4) is 0 Å². The molecular weight excluding hydrogens is 508 g/mol. The first-order valence-electron chi connectivity index (χ1n) is 15.1. The number of nitrogens with two attached hydrogens (primary N) is 1. The van der Waals surface area contributed by atoms with Crippen LogP contribution in [-0.2, 0) is 18.4 Å². The fourth-order valence-electron chi connectivity index (χ4n) is 7.98. The molecule has 202 valence electrons. The Hall–Kier alpha value is -4.66. The molecule has 42 heavy (non-hydrogen) atoms. The molecule has 2 nitrogen and oxygen atoms in total. The quantitative estimate of drug-likeness (QED) is 0.217. The number of rotatable bonds is 2. The lowest BCUT2D eigenvalue weighted by molar-refractivity contribution is 0.661. The van der Waals surface area contributed by atoms with Gasteiger partial charge in [0.15, 0.2) is 0 Å². The van der Waals surface area contributed by atoms with E-state index in [4.69, 9.17) is 5.73 Å². The molecule has 0 saturated heterocycles. The number of fused-ring (bicyclic) bond motifs is 12. The number of allylic oxidation sites excluding steroid dienone is 1. The topological polar surface area (TPSA) is 30.9 Å². The maximum Gasteiger partial charge on any atom is 0.0547 e. The van der Waals surface area contributed by atoms with Gasteiger partial charge in [-0.1, -0.05) is 86.7 Å². The Bertz CT molecular complexity index is 2310. The Morgan fingerprint density at radius 1 is 0.667 bits per heavy atom. The Morgan fingerprint density at radius 2 is 1.45 bits per heavy atom. The molecule has 0 saturated carbocycles. The second kappa shape index (κ2) is 8.44. The van der Waals surface area contributed by atoms with Gasteiger partial charge in [0.1, 0.15) is 0 Å². The van der Waals surface area contributed by atoms with Crippen LogP contribution in [0.2, 0.25) is 0 Å². The summed E-state index contributed by atoms with van der Waals surface area (Å²) in [6.07, 6.45) is 6.84. The van der Waals surface area contributed by atoms with Gasteiger partial charge in [-0.2, -0.15) is 0 Å². The van der Waals surface area contributed by atoms with Crippen LogP contribution in [0.25, 0.3) is 66.2 Å². The minimum Gasteiger partial charge on any atom is -0.326 e. The molecule has 2 N–H and O–H groups in total. The van der Waals surface area contributed by atoms with Gasteiger partial charge >= 0.3 is 0 Å². The SMILES string of the molecule is CC1(C)c2ccccc2-c2cc3c4cc5c6c(c7ccccc7c5cc4n(-c4cccc(CN)c4)c3cc21)C=CCC6. The van der Waals surface area contributed by atoms with E-state index in [0.29, 0.717) is 6.54 Å². The summed E-state index contributed by atoms with van der Waals surface area (Å²) in [5.74, 6) is 0. The molecule has 0 aliphatic heterocycles. The first-order chi connectivity index (χ1) is 20.5. The Kier molecular flexibility index (Phi) is 4.82. The normalized spacial score (nSPS) is 15.0. The van der Waals surface area contributed by atoms with E-state index in [1.165, 1.54) is 76.7 Å². The smallest absolute Gasteiger partial charge is 0.0547 e. The van der Waals surface area contributed by atoms with Crippen LogP contribution in [0.5, 0.6) is 0 Å². The lowest BCUT2D eigenvalue weighted by Gasteiger charge is -2.21. The van der Waals surface area contributed by atoms with Crippen LogP contribution in [0.1, 0.15) is 48.1 Å². The molecule has 0 atom stereocenters. The summed E-state index contributed by atoms with van der Waals surface area (Å²) in [6, 6.07) is 36.5. The van der Waals surface area contributed by atoms with Crippen molar-refractivity contribution < 1.29 is 0 Å². The Balaban J connectivity index is 1.49. The van der Waals surface area contributed by atoms with E-state index < -0.39 is 0 Å². The van der Waals surface area contributed by atoms with Gasteiger partial charge in [-0.05, 0) is 110 Å². The first kappa shape index (κ1) is 24.0. The van der Waals surface area contributed by atoms with Crippen LogP contribution >= 0.6 is 0 Å². The van der Waals surface area contributed by atoms with Crippen LogP contribution in [-0.4, -0.2) is 4.57 Å². The van der Waals surface area contributed by atoms with E-state index in [-0.39, 0.29) is 5.41 Å². The van der Waals surface area contributed by atoms with Gasteiger partial charge in [0.05, 0.1) is 11.0 Å². The molecule has 0 amide bonds. The maximum atomic E-state index is 6.14. The summed E-state index contributed by atoms with van der Waals surface area (Å²) in [6.45, 7) is 5.26. The molecular formula is C40H32N2. The first-order valence-corrected chi connectivity index (χ1v) is 15.1. The van der Waals surface area contributed by atoms with Crippen molar-refractivity contribution in [1.29, 1.82) is 0 Å². The van der Waals surface area contributed by atoms with Crippen molar-refractivity contribution in [2.24, 2.45) is 5.73 Å². The van der Waals surface area contributed by atoms with Crippen molar-refractivity contribution in [1.82, 2.24) is 4.57 Å². The third-order valence-corrected chi connectivity index (χ3v) is 10.0.